The molecule has 0 amide bonds. The number of ether oxygens (including phenoxy) is 2. The summed E-state index contributed by atoms with van der Waals surface area (Å²) in [4.78, 5) is 22.0. The predicted octanol–water partition coefficient (Wildman–Crippen LogP) is 3.91. The maximum Gasteiger partial charge on any atom is 0.307 e. The monoisotopic (exact) mass is 445 g/mol. The van der Waals surface area contributed by atoms with Gasteiger partial charge in [-0.05, 0) is 55.1 Å². The molecule has 1 aromatic rings. The Hall–Kier alpha value is -2.48. The van der Waals surface area contributed by atoms with Gasteiger partial charge in [0.25, 0.3) is 0 Å². The summed E-state index contributed by atoms with van der Waals surface area (Å²) in [6.45, 7) is 3.11. The second-order valence-corrected chi connectivity index (χ2v) is 9.06. The molecule has 7 nitrogen and oxygen atoms in total. The fourth-order valence-electron chi connectivity index (χ4n) is 4.93. The van der Waals surface area contributed by atoms with Gasteiger partial charge < -0.3 is 19.5 Å². The van der Waals surface area contributed by atoms with Crippen LogP contribution in [0.3, 0.4) is 0 Å². The lowest BCUT2D eigenvalue weighted by molar-refractivity contribution is -0.136. The highest BCUT2D eigenvalue weighted by atomic mass is 19.1. The molecule has 2 aliphatic carbocycles. The second-order valence-electron chi connectivity index (χ2n) is 9.06. The number of halogens is 1. The van der Waals surface area contributed by atoms with Crippen LogP contribution in [0.5, 0.6) is 0 Å². The molecule has 0 radical (unpaired) electrons. The molecule has 3 aliphatic rings. The van der Waals surface area contributed by atoms with E-state index in [4.69, 9.17) is 14.6 Å². The maximum atomic E-state index is 14.1. The van der Waals surface area contributed by atoms with Crippen LogP contribution in [0.25, 0.3) is 0 Å². The highest BCUT2D eigenvalue weighted by molar-refractivity contribution is 5.70. The Kier molecular flexibility index (Phi) is 7.40. The van der Waals surface area contributed by atoms with Gasteiger partial charge in [-0.3, -0.25) is 4.79 Å². The number of carboxylic acid groups (broad SMARTS) is 1. The smallest absolute Gasteiger partial charge is 0.307 e. The SMILES string of the molecule is COCc1cnc(N2CCC([C@H]3C[C@H]3CCOC3=CC=C(CC(=O)O)C(F)C3)CC2)nc1. The van der Waals surface area contributed by atoms with Crippen molar-refractivity contribution < 1.29 is 23.8 Å². The highest BCUT2D eigenvalue weighted by Gasteiger charge is 2.43. The van der Waals surface area contributed by atoms with Gasteiger partial charge in [0.2, 0.25) is 5.95 Å². The van der Waals surface area contributed by atoms with Gasteiger partial charge >= 0.3 is 5.97 Å². The first-order valence-corrected chi connectivity index (χ1v) is 11.5. The number of piperidine rings is 1. The van der Waals surface area contributed by atoms with Crippen molar-refractivity contribution in [1.29, 1.82) is 0 Å². The molecule has 1 unspecified atom stereocenters. The summed E-state index contributed by atoms with van der Waals surface area (Å²) < 4.78 is 25.0. The fourth-order valence-corrected chi connectivity index (χ4v) is 4.93. The van der Waals surface area contributed by atoms with Gasteiger partial charge in [0.1, 0.15) is 6.17 Å². The fraction of sp³-hybridized carbons (Fsp3) is 0.625. The summed E-state index contributed by atoms with van der Waals surface area (Å²) in [7, 11) is 1.67. The number of rotatable bonds is 10. The van der Waals surface area contributed by atoms with Crippen molar-refractivity contribution in [3.63, 3.8) is 0 Å². The van der Waals surface area contributed by atoms with Crippen LogP contribution in [-0.2, 0) is 20.9 Å². The second kappa shape index (κ2) is 10.4. The van der Waals surface area contributed by atoms with E-state index in [0.717, 1.165) is 55.7 Å². The molecule has 0 bridgehead atoms. The number of carboxylic acids is 1. The summed E-state index contributed by atoms with van der Waals surface area (Å²) >= 11 is 0. The van der Waals surface area contributed by atoms with Gasteiger partial charge in [0.15, 0.2) is 0 Å². The van der Waals surface area contributed by atoms with Crippen LogP contribution >= 0.6 is 0 Å². The molecule has 0 aromatic carbocycles. The molecule has 1 aromatic heterocycles. The Bertz CT molecular complexity index is 849. The molecule has 4 rings (SSSR count). The first-order chi connectivity index (χ1) is 15.5. The van der Waals surface area contributed by atoms with Gasteiger partial charge in [-0.15, -0.1) is 0 Å². The minimum Gasteiger partial charge on any atom is -0.498 e. The largest absolute Gasteiger partial charge is 0.498 e. The molecule has 8 heteroatoms. The van der Waals surface area contributed by atoms with Crippen LogP contribution in [0.1, 0.15) is 44.1 Å². The highest BCUT2D eigenvalue weighted by Crippen LogP contribution is 2.50. The Labute approximate surface area is 188 Å². The lowest BCUT2D eigenvalue weighted by atomic mass is 9.90. The van der Waals surface area contributed by atoms with Crippen molar-refractivity contribution in [3.8, 4) is 0 Å². The number of hydrogen-bond donors (Lipinski definition) is 1. The minimum atomic E-state index is -1.26. The van der Waals surface area contributed by atoms with E-state index in [0.29, 0.717) is 30.5 Å². The molecular weight excluding hydrogens is 413 g/mol. The molecule has 1 saturated carbocycles. The molecule has 1 saturated heterocycles. The number of hydrogen-bond acceptors (Lipinski definition) is 6. The third kappa shape index (κ3) is 5.85. The lowest BCUT2D eigenvalue weighted by Gasteiger charge is -2.32. The van der Waals surface area contributed by atoms with E-state index < -0.39 is 12.1 Å². The zero-order chi connectivity index (χ0) is 22.5. The Morgan fingerprint density at radius 3 is 2.66 bits per heavy atom. The quantitative estimate of drug-likeness (QED) is 0.584. The minimum absolute atomic E-state index is 0.139. The molecule has 2 fully saturated rings. The lowest BCUT2D eigenvalue weighted by Crippen LogP contribution is -2.35. The molecule has 2 heterocycles. The van der Waals surface area contributed by atoms with Crippen molar-refractivity contribution in [3.05, 3.63) is 41.4 Å². The summed E-state index contributed by atoms with van der Waals surface area (Å²) in [6.07, 6.45) is 10.2. The number of methoxy groups -OCH3 is 1. The molecule has 32 heavy (non-hydrogen) atoms. The van der Waals surface area contributed by atoms with Crippen molar-refractivity contribution in [1.82, 2.24) is 9.97 Å². The predicted molar refractivity (Wildman–Crippen MR) is 118 cm³/mol. The van der Waals surface area contributed by atoms with E-state index >= 15 is 0 Å². The number of carbonyl (C=O) groups is 1. The van der Waals surface area contributed by atoms with E-state index in [-0.39, 0.29) is 12.8 Å². The molecule has 174 valence electrons. The number of alkyl halides is 1. The van der Waals surface area contributed by atoms with Gasteiger partial charge in [-0.1, -0.05) is 6.08 Å². The topological polar surface area (TPSA) is 84.8 Å². The maximum absolute atomic E-state index is 14.1. The van der Waals surface area contributed by atoms with Crippen LogP contribution in [0.4, 0.5) is 10.3 Å². The number of aliphatic carboxylic acids is 1. The van der Waals surface area contributed by atoms with Gasteiger partial charge in [-0.2, -0.15) is 0 Å². The molecule has 1 N–H and O–H groups in total. The van der Waals surface area contributed by atoms with E-state index in [9.17, 15) is 9.18 Å². The molecule has 1 aliphatic heterocycles. The zero-order valence-electron chi connectivity index (χ0n) is 18.6. The molecule has 3 atom stereocenters. The normalized spacial score (nSPS) is 25.8. The number of anilines is 1. The summed E-state index contributed by atoms with van der Waals surface area (Å²) in [5.74, 6) is 2.62. The van der Waals surface area contributed by atoms with Crippen molar-refractivity contribution in [2.75, 3.05) is 31.7 Å². The van der Waals surface area contributed by atoms with Crippen LogP contribution in [0, 0.1) is 17.8 Å². The van der Waals surface area contributed by atoms with E-state index in [1.807, 2.05) is 12.4 Å². The first-order valence-electron chi connectivity index (χ1n) is 11.5. The average molecular weight is 446 g/mol. The first kappa shape index (κ1) is 22.7. The summed E-state index contributed by atoms with van der Waals surface area (Å²) in [5.41, 5.74) is 1.30. The summed E-state index contributed by atoms with van der Waals surface area (Å²) in [6, 6.07) is 0. The Morgan fingerprint density at radius 1 is 1.25 bits per heavy atom. The molecular formula is C24H32FN3O4. The third-order valence-corrected chi connectivity index (χ3v) is 6.81. The van der Waals surface area contributed by atoms with Crippen molar-refractivity contribution >= 4 is 11.9 Å². The van der Waals surface area contributed by atoms with Crippen LogP contribution in [0.2, 0.25) is 0 Å². The molecule has 0 spiro atoms. The van der Waals surface area contributed by atoms with Gasteiger partial charge in [0, 0.05) is 44.6 Å². The summed E-state index contributed by atoms with van der Waals surface area (Å²) in [5, 5.41) is 8.82. The van der Waals surface area contributed by atoms with Crippen LogP contribution in [0.15, 0.2) is 35.9 Å². The van der Waals surface area contributed by atoms with E-state index in [1.54, 1.807) is 19.3 Å². The van der Waals surface area contributed by atoms with Crippen molar-refractivity contribution in [2.24, 2.45) is 17.8 Å². The van der Waals surface area contributed by atoms with Crippen LogP contribution < -0.4 is 4.90 Å². The Balaban J connectivity index is 1.15. The van der Waals surface area contributed by atoms with E-state index in [1.165, 1.54) is 6.42 Å². The van der Waals surface area contributed by atoms with Gasteiger partial charge in [0.05, 0.1) is 25.4 Å². The number of nitrogens with zero attached hydrogens (tertiary/aromatic N) is 3. The third-order valence-electron chi connectivity index (χ3n) is 6.81. The van der Waals surface area contributed by atoms with Crippen molar-refractivity contribution in [2.45, 2.75) is 51.3 Å². The number of aromatic nitrogens is 2. The standard InChI is InChI=1S/C24H32FN3O4/c1-31-15-16-13-26-24(27-14-16)28-7-4-17(5-8-28)21-10-18(21)6-9-32-20-3-2-19(11-23(29)30)22(25)12-20/h2-3,13-14,17-18,21-22H,4-12,15H2,1H3,(H,29,30)/t18-,21-,22?/m1/s1. The Morgan fingerprint density at radius 2 is 2.00 bits per heavy atom. The number of allylic oxidation sites excluding steroid dienone is 3. The average Bonchev–Trinajstić information content (AvgIpc) is 3.56. The zero-order valence-corrected chi connectivity index (χ0v) is 18.6. The van der Waals surface area contributed by atoms with Gasteiger partial charge in [-0.25, -0.2) is 14.4 Å². The van der Waals surface area contributed by atoms with E-state index in [2.05, 4.69) is 14.9 Å². The van der Waals surface area contributed by atoms with Crippen LogP contribution in [-0.4, -0.2) is 54.0 Å².